The summed E-state index contributed by atoms with van der Waals surface area (Å²) in [5, 5.41) is 0. The SMILES string of the molecule is CN(Cc1nccn1Cc1ccccc1)C[C@@H]1Cc2ccccc2O1. The number of likely N-dealkylation sites (N-methyl/N-ethyl adjacent to an activating group) is 1. The molecular formula is C21H23N3O. The van der Waals surface area contributed by atoms with E-state index in [2.05, 4.69) is 70.2 Å². The van der Waals surface area contributed by atoms with E-state index < -0.39 is 0 Å². The van der Waals surface area contributed by atoms with Gasteiger partial charge in [0.25, 0.3) is 0 Å². The molecule has 4 rings (SSSR count). The molecule has 0 amide bonds. The molecule has 1 aromatic heterocycles. The summed E-state index contributed by atoms with van der Waals surface area (Å²) in [6.07, 6.45) is 5.14. The lowest BCUT2D eigenvalue weighted by Gasteiger charge is -2.21. The van der Waals surface area contributed by atoms with Crippen molar-refractivity contribution in [2.75, 3.05) is 13.6 Å². The summed E-state index contributed by atoms with van der Waals surface area (Å²) in [5.41, 5.74) is 2.60. The maximum Gasteiger partial charge on any atom is 0.123 e. The van der Waals surface area contributed by atoms with Crippen LogP contribution in [-0.4, -0.2) is 34.1 Å². The summed E-state index contributed by atoms with van der Waals surface area (Å²) in [4.78, 5) is 6.84. The number of aromatic nitrogens is 2. The molecule has 4 heteroatoms. The molecule has 0 N–H and O–H groups in total. The van der Waals surface area contributed by atoms with Crippen molar-refractivity contribution in [2.45, 2.75) is 25.6 Å². The van der Waals surface area contributed by atoms with E-state index in [1.807, 2.05) is 18.3 Å². The third-order valence-corrected chi connectivity index (χ3v) is 4.64. The summed E-state index contributed by atoms with van der Waals surface area (Å²) in [5.74, 6) is 2.12. The van der Waals surface area contributed by atoms with Gasteiger partial charge in [-0.05, 0) is 24.2 Å². The van der Waals surface area contributed by atoms with Gasteiger partial charge in [0.2, 0.25) is 0 Å². The first-order chi connectivity index (χ1) is 12.3. The third-order valence-electron chi connectivity index (χ3n) is 4.64. The summed E-state index contributed by atoms with van der Waals surface area (Å²) in [7, 11) is 2.13. The van der Waals surface area contributed by atoms with E-state index >= 15 is 0 Å². The van der Waals surface area contributed by atoms with Crippen LogP contribution in [0.4, 0.5) is 0 Å². The quantitative estimate of drug-likeness (QED) is 0.693. The molecule has 0 radical (unpaired) electrons. The molecule has 4 nitrogen and oxygen atoms in total. The highest BCUT2D eigenvalue weighted by Gasteiger charge is 2.23. The second kappa shape index (κ2) is 7.11. The molecule has 25 heavy (non-hydrogen) atoms. The number of hydrogen-bond acceptors (Lipinski definition) is 3. The van der Waals surface area contributed by atoms with Crippen LogP contribution in [0.3, 0.4) is 0 Å². The smallest absolute Gasteiger partial charge is 0.123 e. The van der Waals surface area contributed by atoms with Crippen LogP contribution in [0, 0.1) is 0 Å². The second-order valence-electron chi connectivity index (χ2n) is 6.71. The van der Waals surface area contributed by atoms with Gasteiger partial charge in [0.15, 0.2) is 0 Å². The minimum atomic E-state index is 0.222. The lowest BCUT2D eigenvalue weighted by atomic mass is 10.1. The minimum absolute atomic E-state index is 0.222. The van der Waals surface area contributed by atoms with E-state index in [1.165, 1.54) is 11.1 Å². The zero-order valence-electron chi connectivity index (χ0n) is 14.5. The van der Waals surface area contributed by atoms with Crippen molar-refractivity contribution in [3.63, 3.8) is 0 Å². The third kappa shape index (κ3) is 3.74. The number of rotatable bonds is 6. The van der Waals surface area contributed by atoms with Crippen molar-refractivity contribution in [3.8, 4) is 5.75 Å². The highest BCUT2D eigenvalue weighted by Crippen LogP contribution is 2.28. The average Bonchev–Trinajstić information content (AvgIpc) is 3.22. The van der Waals surface area contributed by atoms with E-state index in [0.717, 1.165) is 37.6 Å². The van der Waals surface area contributed by atoms with Crippen LogP contribution in [0.15, 0.2) is 67.0 Å². The highest BCUT2D eigenvalue weighted by atomic mass is 16.5. The Morgan fingerprint density at radius 3 is 2.76 bits per heavy atom. The van der Waals surface area contributed by atoms with Gasteiger partial charge in [-0.15, -0.1) is 0 Å². The fourth-order valence-corrected chi connectivity index (χ4v) is 3.43. The summed E-state index contributed by atoms with van der Waals surface area (Å²) >= 11 is 0. The van der Waals surface area contributed by atoms with Gasteiger partial charge in [-0.3, -0.25) is 4.90 Å². The van der Waals surface area contributed by atoms with Crippen molar-refractivity contribution < 1.29 is 4.74 Å². The van der Waals surface area contributed by atoms with Crippen LogP contribution in [0.2, 0.25) is 0 Å². The fourth-order valence-electron chi connectivity index (χ4n) is 3.43. The molecule has 0 saturated carbocycles. The summed E-state index contributed by atoms with van der Waals surface area (Å²) in [6.45, 7) is 2.57. The molecule has 1 aliphatic heterocycles. The van der Waals surface area contributed by atoms with Gasteiger partial charge < -0.3 is 9.30 Å². The molecule has 0 unspecified atom stereocenters. The standard InChI is InChI=1S/C21H23N3O/c1-23(15-19-13-18-9-5-6-10-20(18)25-19)16-21-22-11-12-24(21)14-17-7-3-2-4-8-17/h2-12,19H,13-16H2,1H3/t19-/m0/s1. The molecule has 0 bridgehead atoms. The Bertz CT molecular complexity index is 803. The van der Waals surface area contributed by atoms with Gasteiger partial charge in [-0.1, -0.05) is 48.5 Å². The summed E-state index contributed by atoms with van der Waals surface area (Å²) in [6, 6.07) is 18.8. The number of nitrogens with zero attached hydrogens (tertiary/aromatic N) is 3. The Kier molecular flexibility index (Phi) is 4.53. The predicted octanol–water partition coefficient (Wildman–Crippen LogP) is 3.37. The summed E-state index contributed by atoms with van der Waals surface area (Å²) < 4.78 is 8.27. The largest absolute Gasteiger partial charge is 0.488 e. The molecule has 3 aromatic rings. The fraction of sp³-hybridized carbons (Fsp3) is 0.286. The molecule has 2 heterocycles. The van der Waals surface area contributed by atoms with E-state index in [0.29, 0.717) is 0 Å². The first kappa shape index (κ1) is 15.9. The van der Waals surface area contributed by atoms with Crippen LogP contribution in [0.25, 0.3) is 0 Å². The number of fused-ring (bicyclic) bond motifs is 1. The van der Waals surface area contributed by atoms with Gasteiger partial charge in [0.1, 0.15) is 17.7 Å². The number of ether oxygens (including phenoxy) is 1. The topological polar surface area (TPSA) is 30.3 Å². The molecule has 0 saturated heterocycles. The van der Waals surface area contributed by atoms with Gasteiger partial charge in [0, 0.05) is 31.9 Å². The lowest BCUT2D eigenvalue weighted by molar-refractivity contribution is 0.162. The Labute approximate surface area is 148 Å². The first-order valence-electron chi connectivity index (χ1n) is 8.75. The molecule has 128 valence electrons. The van der Waals surface area contributed by atoms with Crippen molar-refractivity contribution >= 4 is 0 Å². The molecule has 2 aromatic carbocycles. The van der Waals surface area contributed by atoms with Gasteiger partial charge in [-0.25, -0.2) is 4.98 Å². The van der Waals surface area contributed by atoms with Crippen molar-refractivity contribution in [1.82, 2.24) is 14.5 Å². The van der Waals surface area contributed by atoms with E-state index in [4.69, 9.17) is 4.74 Å². The minimum Gasteiger partial charge on any atom is -0.488 e. The Morgan fingerprint density at radius 2 is 1.92 bits per heavy atom. The second-order valence-corrected chi connectivity index (χ2v) is 6.71. The zero-order chi connectivity index (χ0) is 17.1. The van der Waals surface area contributed by atoms with Gasteiger partial charge in [0.05, 0.1) is 6.54 Å². The van der Waals surface area contributed by atoms with E-state index in [9.17, 15) is 0 Å². The monoisotopic (exact) mass is 333 g/mol. The number of benzene rings is 2. The van der Waals surface area contributed by atoms with Crippen LogP contribution in [0.1, 0.15) is 17.0 Å². The van der Waals surface area contributed by atoms with E-state index in [-0.39, 0.29) is 6.10 Å². The molecule has 0 spiro atoms. The molecular weight excluding hydrogens is 310 g/mol. The van der Waals surface area contributed by atoms with Gasteiger partial charge in [-0.2, -0.15) is 0 Å². The van der Waals surface area contributed by atoms with Crippen molar-refractivity contribution in [2.24, 2.45) is 0 Å². The predicted molar refractivity (Wildman–Crippen MR) is 98.7 cm³/mol. The van der Waals surface area contributed by atoms with Crippen molar-refractivity contribution in [1.29, 1.82) is 0 Å². The van der Waals surface area contributed by atoms with E-state index in [1.54, 1.807) is 0 Å². The highest BCUT2D eigenvalue weighted by molar-refractivity contribution is 5.37. The first-order valence-corrected chi connectivity index (χ1v) is 8.75. The van der Waals surface area contributed by atoms with Crippen LogP contribution >= 0.6 is 0 Å². The zero-order valence-corrected chi connectivity index (χ0v) is 14.5. The molecule has 1 atom stereocenters. The Balaban J connectivity index is 1.36. The maximum absolute atomic E-state index is 6.05. The normalized spacial score (nSPS) is 16.0. The van der Waals surface area contributed by atoms with Crippen LogP contribution in [-0.2, 0) is 19.5 Å². The number of imidazole rings is 1. The molecule has 0 fully saturated rings. The average molecular weight is 333 g/mol. The number of hydrogen-bond donors (Lipinski definition) is 0. The van der Waals surface area contributed by atoms with Crippen LogP contribution in [0.5, 0.6) is 5.75 Å². The molecule has 0 aliphatic carbocycles. The molecule has 1 aliphatic rings. The lowest BCUT2D eigenvalue weighted by Crippen LogP contribution is -2.32. The van der Waals surface area contributed by atoms with Crippen molar-refractivity contribution in [3.05, 3.63) is 83.9 Å². The number of para-hydroxylation sites is 1. The van der Waals surface area contributed by atoms with Gasteiger partial charge >= 0.3 is 0 Å². The Hall–Kier alpha value is -2.59. The Morgan fingerprint density at radius 1 is 1.12 bits per heavy atom. The maximum atomic E-state index is 6.05. The van der Waals surface area contributed by atoms with Crippen LogP contribution < -0.4 is 4.74 Å².